The van der Waals surface area contributed by atoms with Crippen molar-refractivity contribution in [3.05, 3.63) is 31.8 Å². The molecule has 0 fully saturated rings. The monoisotopic (exact) mass is 281 g/mol. The molecule has 0 aliphatic rings. The van der Waals surface area contributed by atoms with Crippen molar-refractivity contribution >= 4 is 27.5 Å². The Hall–Kier alpha value is -1.89. The molecule has 1 unspecified atom stereocenters. The number of carbonyl (C=O) groups is 1. The van der Waals surface area contributed by atoms with Crippen LogP contribution >= 0.6 is 11.3 Å². The fraction of sp³-hybridized carbons (Fsp3) is 0.417. The van der Waals surface area contributed by atoms with Gasteiger partial charge in [0.15, 0.2) is 0 Å². The van der Waals surface area contributed by atoms with Gasteiger partial charge in [0.2, 0.25) is 5.91 Å². The number of aromatic amines is 1. The molecule has 0 saturated carbocycles. The zero-order valence-electron chi connectivity index (χ0n) is 10.7. The van der Waals surface area contributed by atoms with Crippen LogP contribution in [-0.4, -0.2) is 15.5 Å². The Kier molecular flexibility index (Phi) is 3.57. The fourth-order valence-electron chi connectivity index (χ4n) is 2.04. The van der Waals surface area contributed by atoms with E-state index in [1.165, 1.54) is 11.3 Å². The number of primary amides is 1. The van der Waals surface area contributed by atoms with Crippen molar-refractivity contribution in [2.75, 3.05) is 0 Å². The molecular weight excluding hydrogens is 266 g/mol. The Bertz CT molecular complexity index is 741. The number of H-pyrrole nitrogens is 1. The minimum absolute atomic E-state index is 0.300. The number of hydrogen-bond donors (Lipinski definition) is 2. The highest BCUT2D eigenvalue weighted by Crippen LogP contribution is 2.20. The molecule has 2 aromatic heterocycles. The molecule has 7 heteroatoms. The molecule has 2 heterocycles. The summed E-state index contributed by atoms with van der Waals surface area (Å²) in [5, 5.41) is 0.432. The molecule has 19 heavy (non-hydrogen) atoms. The van der Waals surface area contributed by atoms with Gasteiger partial charge in [-0.3, -0.25) is 14.6 Å². The molecule has 2 rings (SSSR count). The molecule has 102 valence electrons. The highest BCUT2D eigenvalue weighted by atomic mass is 32.1. The van der Waals surface area contributed by atoms with E-state index in [1.807, 2.05) is 6.92 Å². The Balaban J connectivity index is 2.78. The van der Waals surface area contributed by atoms with E-state index in [0.717, 1.165) is 15.9 Å². The standard InChI is InChI=1S/C12H15N3O3S/c1-3-6-5-7-10(19-6)14-12(18)15(11(7)17)8(4-2)9(13)16/h5,8H,3-4H2,1-2H3,(H2,13,16)(H,14,18). The van der Waals surface area contributed by atoms with E-state index in [0.29, 0.717) is 16.6 Å². The summed E-state index contributed by atoms with van der Waals surface area (Å²) in [7, 11) is 0. The third-order valence-corrected chi connectivity index (χ3v) is 4.24. The van der Waals surface area contributed by atoms with E-state index < -0.39 is 23.2 Å². The molecule has 0 aromatic carbocycles. The van der Waals surface area contributed by atoms with Crippen LogP contribution in [-0.2, 0) is 11.2 Å². The smallest absolute Gasteiger partial charge is 0.330 e. The Morgan fingerprint density at radius 2 is 2.16 bits per heavy atom. The van der Waals surface area contributed by atoms with Crippen molar-refractivity contribution < 1.29 is 4.79 Å². The second-order valence-corrected chi connectivity index (χ2v) is 5.38. The van der Waals surface area contributed by atoms with E-state index >= 15 is 0 Å². The lowest BCUT2D eigenvalue weighted by Crippen LogP contribution is -2.42. The van der Waals surface area contributed by atoms with Gasteiger partial charge >= 0.3 is 5.69 Å². The first-order valence-corrected chi connectivity index (χ1v) is 6.87. The third kappa shape index (κ3) is 2.21. The van der Waals surface area contributed by atoms with Crippen molar-refractivity contribution in [3.8, 4) is 0 Å². The van der Waals surface area contributed by atoms with Gasteiger partial charge in [-0.15, -0.1) is 11.3 Å². The molecule has 2 aromatic rings. The van der Waals surface area contributed by atoms with Crippen LogP contribution in [0.15, 0.2) is 15.7 Å². The van der Waals surface area contributed by atoms with Crippen molar-refractivity contribution in [1.82, 2.24) is 9.55 Å². The maximum Gasteiger partial charge on any atom is 0.330 e. The summed E-state index contributed by atoms with van der Waals surface area (Å²) in [6.07, 6.45) is 1.09. The first kappa shape index (κ1) is 13.5. The predicted octanol–water partition coefficient (Wildman–Crippen LogP) is 0.750. The van der Waals surface area contributed by atoms with Crippen LogP contribution in [0.1, 0.15) is 31.2 Å². The molecule has 6 nitrogen and oxygen atoms in total. The van der Waals surface area contributed by atoms with Gasteiger partial charge in [0.1, 0.15) is 10.9 Å². The summed E-state index contributed by atoms with van der Waals surface area (Å²) in [6.45, 7) is 3.68. The van der Waals surface area contributed by atoms with Gasteiger partial charge in [0.05, 0.1) is 5.39 Å². The zero-order chi connectivity index (χ0) is 14.2. The van der Waals surface area contributed by atoms with Crippen LogP contribution in [0.4, 0.5) is 0 Å². The average molecular weight is 281 g/mol. The number of fused-ring (bicyclic) bond motifs is 1. The predicted molar refractivity (Wildman–Crippen MR) is 74.6 cm³/mol. The molecule has 0 aliphatic heterocycles. The van der Waals surface area contributed by atoms with Gasteiger partial charge < -0.3 is 5.73 Å². The first-order valence-electron chi connectivity index (χ1n) is 6.06. The normalized spacial score (nSPS) is 12.7. The fourth-order valence-corrected chi connectivity index (χ4v) is 3.02. The molecule has 1 amide bonds. The summed E-state index contributed by atoms with van der Waals surface area (Å²) < 4.78 is 0.914. The van der Waals surface area contributed by atoms with Crippen LogP contribution in [0.3, 0.4) is 0 Å². The van der Waals surface area contributed by atoms with E-state index in [2.05, 4.69) is 4.98 Å². The van der Waals surface area contributed by atoms with E-state index in [-0.39, 0.29) is 0 Å². The number of hydrogen-bond acceptors (Lipinski definition) is 4. The van der Waals surface area contributed by atoms with Gasteiger partial charge in [0.25, 0.3) is 5.56 Å². The quantitative estimate of drug-likeness (QED) is 0.865. The molecular formula is C12H15N3O3S. The van der Waals surface area contributed by atoms with Gasteiger partial charge in [0, 0.05) is 4.88 Å². The first-order chi connectivity index (χ1) is 8.99. The van der Waals surface area contributed by atoms with E-state index in [1.54, 1.807) is 13.0 Å². The van der Waals surface area contributed by atoms with Gasteiger partial charge in [-0.05, 0) is 18.9 Å². The third-order valence-electron chi connectivity index (χ3n) is 3.05. The molecule has 0 spiro atoms. The minimum atomic E-state index is -0.911. The van der Waals surface area contributed by atoms with Crippen LogP contribution < -0.4 is 17.0 Å². The van der Waals surface area contributed by atoms with Crippen LogP contribution in [0.25, 0.3) is 10.2 Å². The van der Waals surface area contributed by atoms with Gasteiger partial charge in [-0.1, -0.05) is 13.8 Å². The highest BCUT2D eigenvalue weighted by Gasteiger charge is 2.21. The molecule has 0 aliphatic carbocycles. The number of nitrogens with one attached hydrogen (secondary N) is 1. The topological polar surface area (TPSA) is 97.9 Å². The summed E-state index contributed by atoms with van der Waals surface area (Å²) in [4.78, 5) is 39.8. The van der Waals surface area contributed by atoms with Crippen molar-refractivity contribution in [1.29, 1.82) is 0 Å². The van der Waals surface area contributed by atoms with E-state index in [4.69, 9.17) is 5.73 Å². The Morgan fingerprint density at radius 1 is 1.47 bits per heavy atom. The number of amides is 1. The van der Waals surface area contributed by atoms with Crippen LogP contribution in [0.2, 0.25) is 0 Å². The van der Waals surface area contributed by atoms with Gasteiger partial charge in [-0.2, -0.15) is 0 Å². The van der Waals surface area contributed by atoms with Gasteiger partial charge in [-0.25, -0.2) is 9.36 Å². The number of nitrogens with zero attached hydrogens (tertiary/aromatic N) is 1. The molecule has 0 bridgehead atoms. The lowest BCUT2D eigenvalue weighted by Gasteiger charge is -2.12. The zero-order valence-corrected chi connectivity index (χ0v) is 11.5. The number of carbonyl (C=O) groups excluding carboxylic acids is 1. The Labute approximate surface area is 112 Å². The summed E-state index contributed by atoms with van der Waals surface area (Å²) in [5.41, 5.74) is 4.20. The van der Waals surface area contributed by atoms with Crippen molar-refractivity contribution in [3.63, 3.8) is 0 Å². The summed E-state index contributed by atoms with van der Waals surface area (Å²) in [6, 6.07) is 0.841. The lowest BCUT2D eigenvalue weighted by molar-refractivity contribution is -0.121. The summed E-state index contributed by atoms with van der Waals surface area (Å²) in [5.74, 6) is -0.680. The van der Waals surface area contributed by atoms with Crippen molar-refractivity contribution in [2.45, 2.75) is 32.7 Å². The number of thiophene rings is 1. The van der Waals surface area contributed by atoms with Crippen molar-refractivity contribution in [2.24, 2.45) is 5.73 Å². The Morgan fingerprint density at radius 3 is 2.68 bits per heavy atom. The maximum absolute atomic E-state index is 12.3. The van der Waals surface area contributed by atoms with E-state index in [9.17, 15) is 14.4 Å². The number of rotatable bonds is 4. The SMILES string of the molecule is CCc1cc2c(=O)n(C(CC)C(N)=O)c(=O)[nH]c2s1. The number of nitrogens with two attached hydrogens (primary N) is 1. The number of aromatic nitrogens is 2. The molecule has 0 radical (unpaired) electrons. The maximum atomic E-state index is 12.3. The molecule has 3 N–H and O–H groups in total. The minimum Gasteiger partial charge on any atom is -0.368 e. The highest BCUT2D eigenvalue weighted by molar-refractivity contribution is 7.18. The van der Waals surface area contributed by atoms with Crippen LogP contribution in [0.5, 0.6) is 0 Å². The lowest BCUT2D eigenvalue weighted by atomic mass is 10.2. The number of aryl methyl sites for hydroxylation is 1. The molecule has 1 atom stereocenters. The van der Waals surface area contributed by atoms with Crippen LogP contribution in [0, 0.1) is 0 Å². The molecule has 0 saturated heterocycles. The largest absolute Gasteiger partial charge is 0.368 e. The summed E-state index contributed by atoms with van der Waals surface area (Å²) >= 11 is 1.38. The second kappa shape index (κ2) is 5.00. The average Bonchev–Trinajstić information content (AvgIpc) is 2.77. The second-order valence-electron chi connectivity index (χ2n) is 4.24.